The number of benzene rings is 2. The topological polar surface area (TPSA) is 65.5 Å². The number of rotatable bonds is 7. The lowest BCUT2D eigenvalue weighted by atomic mass is 10.00. The Hall–Kier alpha value is -2.61. The van der Waals surface area contributed by atoms with Gasteiger partial charge in [0.2, 0.25) is 0 Å². The van der Waals surface area contributed by atoms with Crippen LogP contribution in [0, 0.1) is 0 Å². The van der Waals surface area contributed by atoms with E-state index in [-0.39, 0.29) is 12.0 Å². The van der Waals surface area contributed by atoms with Crippen molar-refractivity contribution >= 4 is 5.91 Å². The van der Waals surface area contributed by atoms with E-state index in [1.165, 1.54) is 11.1 Å². The smallest absolute Gasteiger partial charge is 0.257 e. The number of carbonyl (C=O) groups is 1. The molecule has 0 spiro atoms. The molecule has 1 amide bonds. The number of carbonyl (C=O) groups excluding carboxylic acids is 1. The first-order valence-corrected chi connectivity index (χ1v) is 12.0. The molecular weight excluding hydrogens is 418 g/mol. The zero-order valence-electron chi connectivity index (χ0n) is 19.3. The summed E-state index contributed by atoms with van der Waals surface area (Å²) in [4.78, 5) is 19.5. The normalized spacial score (nSPS) is 20.3. The molecule has 2 aromatic rings. The lowest BCUT2D eigenvalue weighted by Crippen LogP contribution is -2.53. The summed E-state index contributed by atoms with van der Waals surface area (Å²) >= 11 is 0. The average molecular weight is 452 g/mol. The van der Waals surface area contributed by atoms with Crippen molar-refractivity contribution in [3.63, 3.8) is 0 Å². The Labute approximate surface area is 195 Å². The zero-order valence-corrected chi connectivity index (χ0v) is 19.3. The molecule has 0 aliphatic carbocycles. The number of hydrogen-bond donors (Lipinski definition) is 1. The standard InChI is InChI=1S/C26H33N3O4/c1-2-27-17-23(18-27)33-22-7-8-24-25(13-22)32-12-11-29(26(24)31)16-21(30)15-28-10-9-19-5-3-4-6-20(19)14-28/h3-8,13,21,23,30H,2,9-12,14-18H2,1H3/t21-/m1/s1. The number of β-amino-alcohol motifs (C(OH)–C–C–N with tert-alkyl or cyclic N) is 1. The molecule has 7 heteroatoms. The third-order valence-corrected chi connectivity index (χ3v) is 6.87. The number of aliphatic hydroxyl groups is 1. The second kappa shape index (κ2) is 9.71. The Morgan fingerprint density at radius 3 is 2.73 bits per heavy atom. The molecule has 3 aliphatic heterocycles. The number of hydrogen-bond acceptors (Lipinski definition) is 6. The van der Waals surface area contributed by atoms with Gasteiger partial charge in [0.05, 0.1) is 18.2 Å². The van der Waals surface area contributed by atoms with Gasteiger partial charge in [-0.05, 0) is 36.2 Å². The molecule has 0 aromatic heterocycles. The lowest BCUT2D eigenvalue weighted by Gasteiger charge is -2.38. The molecule has 5 rings (SSSR count). The maximum absolute atomic E-state index is 13.2. The van der Waals surface area contributed by atoms with Crippen molar-refractivity contribution in [3.05, 3.63) is 59.2 Å². The van der Waals surface area contributed by atoms with Crippen molar-refractivity contribution in [2.24, 2.45) is 0 Å². The third-order valence-electron chi connectivity index (χ3n) is 6.87. The Morgan fingerprint density at radius 2 is 1.91 bits per heavy atom. The van der Waals surface area contributed by atoms with Gasteiger partial charge in [-0.15, -0.1) is 0 Å². The SMILES string of the molecule is CCN1CC(Oc2ccc3c(c2)OCCN(C[C@H](O)CN2CCc4ccccc4C2)C3=O)C1. The van der Waals surface area contributed by atoms with Gasteiger partial charge >= 0.3 is 0 Å². The van der Waals surface area contributed by atoms with Gasteiger partial charge in [-0.25, -0.2) is 0 Å². The number of nitrogens with zero attached hydrogens (tertiary/aromatic N) is 3. The molecule has 1 saturated heterocycles. The quantitative estimate of drug-likeness (QED) is 0.695. The third kappa shape index (κ3) is 5.00. The minimum absolute atomic E-state index is 0.0992. The molecule has 1 atom stereocenters. The van der Waals surface area contributed by atoms with E-state index < -0.39 is 6.10 Å². The summed E-state index contributed by atoms with van der Waals surface area (Å²) in [5, 5.41) is 10.8. The van der Waals surface area contributed by atoms with Crippen molar-refractivity contribution in [1.82, 2.24) is 14.7 Å². The van der Waals surface area contributed by atoms with Crippen LogP contribution in [-0.2, 0) is 13.0 Å². The number of amides is 1. The van der Waals surface area contributed by atoms with E-state index in [1.54, 1.807) is 11.0 Å². The summed E-state index contributed by atoms with van der Waals surface area (Å²) in [5.74, 6) is 1.20. The molecule has 0 bridgehead atoms. The predicted octanol–water partition coefficient (Wildman–Crippen LogP) is 2.02. The molecule has 7 nitrogen and oxygen atoms in total. The van der Waals surface area contributed by atoms with Gasteiger partial charge in [-0.1, -0.05) is 31.2 Å². The van der Waals surface area contributed by atoms with E-state index in [2.05, 4.69) is 41.0 Å². The van der Waals surface area contributed by atoms with E-state index in [9.17, 15) is 9.90 Å². The molecule has 3 aliphatic rings. The summed E-state index contributed by atoms with van der Waals surface area (Å²) in [6, 6.07) is 13.9. The molecule has 0 saturated carbocycles. The van der Waals surface area contributed by atoms with E-state index in [0.717, 1.165) is 44.9 Å². The molecule has 0 unspecified atom stereocenters. The highest BCUT2D eigenvalue weighted by molar-refractivity contribution is 5.97. The highest BCUT2D eigenvalue weighted by atomic mass is 16.5. The van der Waals surface area contributed by atoms with Gasteiger partial charge < -0.3 is 19.5 Å². The number of aliphatic hydroxyl groups excluding tert-OH is 1. The Balaban J connectivity index is 1.18. The van der Waals surface area contributed by atoms with E-state index in [1.807, 2.05) is 12.1 Å². The van der Waals surface area contributed by atoms with Crippen LogP contribution >= 0.6 is 0 Å². The van der Waals surface area contributed by atoms with Crippen molar-refractivity contribution in [2.45, 2.75) is 32.1 Å². The summed E-state index contributed by atoms with van der Waals surface area (Å²) in [6.45, 7) is 8.52. The van der Waals surface area contributed by atoms with Gasteiger partial charge in [0.25, 0.3) is 5.91 Å². The van der Waals surface area contributed by atoms with Crippen LogP contribution in [0.25, 0.3) is 0 Å². The van der Waals surface area contributed by atoms with Crippen LogP contribution in [0.3, 0.4) is 0 Å². The van der Waals surface area contributed by atoms with Crippen molar-refractivity contribution in [1.29, 1.82) is 0 Å². The molecule has 2 aromatic carbocycles. The van der Waals surface area contributed by atoms with Gasteiger partial charge in [0, 0.05) is 45.3 Å². The van der Waals surface area contributed by atoms with E-state index in [4.69, 9.17) is 9.47 Å². The second-order valence-electron chi connectivity index (χ2n) is 9.26. The predicted molar refractivity (Wildman–Crippen MR) is 126 cm³/mol. The van der Waals surface area contributed by atoms with Gasteiger partial charge in [-0.3, -0.25) is 14.6 Å². The summed E-state index contributed by atoms with van der Waals surface area (Å²) < 4.78 is 11.9. The molecular formula is C26H33N3O4. The Kier molecular flexibility index (Phi) is 6.53. The summed E-state index contributed by atoms with van der Waals surface area (Å²) in [7, 11) is 0. The van der Waals surface area contributed by atoms with Crippen molar-refractivity contribution in [3.8, 4) is 11.5 Å². The van der Waals surface area contributed by atoms with Crippen LogP contribution in [0.2, 0.25) is 0 Å². The van der Waals surface area contributed by atoms with E-state index >= 15 is 0 Å². The van der Waals surface area contributed by atoms with Gasteiger partial charge in [0.1, 0.15) is 24.2 Å². The summed E-state index contributed by atoms with van der Waals surface area (Å²) in [6.07, 6.45) is 0.579. The highest BCUT2D eigenvalue weighted by Gasteiger charge is 2.29. The van der Waals surface area contributed by atoms with Crippen molar-refractivity contribution < 1.29 is 19.4 Å². The molecule has 0 radical (unpaired) electrons. The minimum atomic E-state index is -0.608. The Morgan fingerprint density at radius 1 is 1.09 bits per heavy atom. The monoisotopic (exact) mass is 451 g/mol. The van der Waals surface area contributed by atoms with Crippen LogP contribution in [-0.4, -0.2) is 90.3 Å². The molecule has 33 heavy (non-hydrogen) atoms. The fraction of sp³-hybridized carbons (Fsp3) is 0.500. The first-order valence-electron chi connectivity index (χ1n) is 12.0. The number of likely N-dealkylation sites (N-methyl/N-ethyl adjacent to an activating group) is 1. The highest BCUT2D eigenvalue weighted by Crippen LogP contribution is 2.29. The Bertz CT molecular complexity index is 991. The molecule has 176 valence electrons. The summed E-state index contributed by atoms with van der Waals surface area (Å²) in [5.41, 5.74) is 3.25. The maximum Gasteiger partial charge on any atom is 0.257 e. The average Bonchev–Trinajstić information content (AvgIpc) is 2.94. The van der Waals surface area contributed by atoms with Crippen LogP contribution in [0.1, 0.15) is 28.4 Å². The molecule has 1 fully saturated rings. The minimum Gasteiger partial charge on any atom is -0.491 e. The van der Waals surface area contributed by atoms with Gasteiger partial charge in [-0.2, -0.15) is 0 Å². The van der Waals surface area contributed by atoms with Crippen molar-refractivity contribution in [2.75, 3.05) is 52.4 Å². The van der Waals surface area contributed by atoms with Crippen LogP contribution in [0.15, 0.2) is 42.5 Å². The number of ether oxygens (including phenoxy) is 2. The maximum atomic E-state index is 13.2. The van der Waals surface area contributed by atoms with Crippen LogP contribution < -0.4 is 9.47 Å². The number of likely N-dealkylation sites (tertiary alicyclic amines) is 1. The van der Waals surface area contributed by atoms with E-state index in [0.29, 0.717) is 37.6 Å². The second-order valence-corrected chi connectivity index (χ2v) is 9.26. The number of fused-ring (bicyclic) bond motifs is 2. The fourth-order valence-corrected chi connectivity index (χ4v) is 4.95. The largest absolute Gasteiger partial charge is 0.491 e. The zero-order chi connectivity index (χ0) is 22.8. The fourth-order valence-electron chi connectivity index (χ4n) is 4.95. The van der Waals surface area contributed by atoms with Crippen LogP contribution in [0.5, 0.6) is 11.5 Å². The molecule has 3 heterocycles. The first kappa shape index (κ1) is 22.2. The van der Waals surface area contributed by atoms with Gasteiger partial charge in [0.15, 0.2) is 0 Å². The first-order chi connectivity index (χ1) is 16.1. The van der Waals surface area contributed by atoms with Crippen LogP contribution in [0.4, 0.5) is 0 Å². The molecule has 1 N–H and O–H groups in total. The lowest BCUT2D eigenvalue weighted by molar-refractivity contribution is 0.0237.